The predicted octanol–water partition coefficient (Wildman–Crippen LogP) is 3.45. The fraction of sp³-hybridized carbons (Fsp3) is 0.458. The molecule has 2 aromatic heterocycles. The van der Waals surface area contributed by atoms with Crippen molar-refractivity contribution in [2.45, 2.75) is 33.1 Å². The molecule has 0 aliphatic carbocycles. The first-order valence-corrected chi connectivity index (χ1v) is 11.1. The number of nitrogens with zero attached hydrogens (tertiary/aromatic N) is 4. The maximum Gasteiger partial charge on any atom is 0.242 e. The average Bonchev–Trinajstić information content (AvgIpc) is 3.38. The Bertz CT molecular complexity index is 1190. The standard InChI is InChI=1S/C24H29F2N5O2/c1-14-18(15(2)28-23-22(14)24(33-4)29-30(23)3)6-8-21(32)27-12-16-9-10-31(13-16)17-5-7-19(25)20(26)11-17/h5,7,11,16H,6,8-10,12-13H2,1-4H3,(H,27,32). The second kappa shape index (κ2) is 9.33. The highest BCUT2D eigenvalue weighted by atomic mass is 19.2. The second-order valence-corrected chi connectivity index (χ2v) is 8.64. The largest absolute Gasteiger partial charge is 0.479 e. The normalized spacial score (nSPS) is 15.9. The average molecular weight is 458 g/mol. The summed E-state index contributed by atoms with van der Waals surface area (Å²) in [5, 5.41) is 8.27. The summed E-state index contributed by atoms with van der Waals surface area (Å²) in [6.07, 6.45) is 1.83. The lowest BCUT2D eigenvalue weighted by Crippen LogP contribution is -2.31. The molecule has 1 aromatic carbocycles. The third-order valence-electron chi connectivity index (χ3n) is 6.46. The van der Waals surface area contributed by atoms with Crippen LogP contribution in [-0.4, -0.2) is 47.4 Å². The number of anilines is 1. The van der Waals surface area contributed by atoms with Crippen LogP contribution < -0.4 is 15.0 Å². The minimum atomic E-state index is -0.844. The number of carbonyl (C=O) groups excluding carboxylic acids is 1. The molecule has 3 heterocycles. The second-order valence-electron chi connectivity index (χ2n) is 8.64. The highest BCUT2D eigenvalue weighted by Gasteiger charge is 2.24. The molecule has 1 aliphatic heterocycles. The summed E-state index contributed by atoms with van der Waals surface area (Å²) in [6, 6.07) is 3.96. The van der Waals surface area contributed by atoms with E-state index in [1.54, 1.807) is 17.9 Å². The van der Waals surface area contributed by atoms with Gasteiger partial charge >= 0.3 is 0 Å². The number of halogens is 2. The number of rotatable bonds is 7. The van der Waals surface area contributed by atoms with Gasteiger partial charge in [0.25, 0.3) is 0 Å². The van der Waals surface area contributed by atoms with E-state index in [-0.39, 0.29) is 11.8 Å². The Morgan fingerprint density at radius 3 is 2.79 bits per heavy atom. The van der Waals surface area contributed by atoms with Gasteiger partial charge in [0.2, 0.25) is 11.8 Å². The molecule has 0 saturated carbocycles. The van der Waals surface area contributed by atoms with E-state index in [2.05, 4.69) is 15.4 Å². The maximum absolute atomic E-state index is 13.5. The summed E-state index contributed by atoms with van der Waals surface area (Å²) in [6.45, 7) is 5.97. The number of fused-ring (bicyclic) bond motifs is 1. The smallest absolute Gasteiger partial charge is 0.242 e. The van der Waals surface area contributed by atoms with Crippen LogP contribution in [0, 0.1) is 31.4 Å². The molecule has 1 amide bonds. The number of hydrogen-bond acceptors (Lipinski definition) is 5. The first-order valence-electron chi connectivity index (χ1n) is 11.1. The van der Waals surface area contributed by atoms with E-state index in [9.17, 15) is 13.6 Å². The van der Waals surface area contributed by atoms with E-state index in [0.717, 1.165) is 46.9 Å². The topological polar surface area (TPSA) is 72.3 Å². The summed E-state index contributed by atoms with van der Waals surface area (Å²) < 4.78 is 33.8. The Kier molecular flexibility index (Phi) is 6.49. The number of hydrogen-bond donors (Lipinski definition) is 1. The molecular weight excluding hydrogens is 428 g/mol. The van der Waals surface area contributed by atoms with E-state index in [1.165, 1.54) is 6.07 Å². The third-order valence-corrected chi connectivity index (χ3v) is 6.46. The van der Waals surface area contributed by atoms with Crippen molar-refractivity contribution in [3.05, 3.63) is 46.7 Å². The molecule has 9 heteroatoms. The van der Waals surface area contributed by atoms with Crippen molar-refractivity contribution < 1.29 is 18.3 Å². The van der Waals surface area contributed by atoms with Crippen molar-refractivity contribution in [2.24, 2.45) is 13.0 Å². The SMILES string of the molecule is COc1nn(C)c2nc(C)c(CCC(=O)NCC3CCN(c4ccc(F)c(F)c4)C3)c(C)c12. The molecule has 0 spiro atoms. The van der Waals surface area contributed by atoms with Crippen LogP contribution in [0.1, 0.15) is 29.7 Å². The summed E-state index contributed by atoms with van der Waals surface area (Å²) in [4.78, 5) is 19.2. The molecule has 0 bridgehead atoms. The van der Waals surface area contributed by atoms with Crippen molar-refractivity contribution in [1.29, 1.82) is 0 Å². The van der Waals surface area contributed by atoms with Gasteiger partial charge in [-0.3, -0.25) is 4.79 Å². The zero-order valence-electron chi connectivity index (χ0n) is 19.4. The highest BCUT2D eigenvalue weighted by Crippen LogP contribution is 2.30. The summed E-state index contributed by atoms with van der Waals surface area (Å²) in [7, 11) is 3.42. The predicted molar refractivity (Wildman–Crippen MR) is 123 cm³/mol. The Balaban J connectivity index is 1.33. The number of amides is 1. The molecule has 176 valence electrons. The van der Waals surface area contributed by atoms with E-state index in [0.29, 0.717) is 37.5 Å². The molecule has 4 rings (SSSR count). The van der Waals surface area contributed by atoms with Crippen LogP contribution in [0.2, 0.25) is 0 Å². The lowest BCUT2D eigenvalue weighted by Gasteiger charge is -2.19. The Morgan fingerprint density at radius 2 is 2.06 bits per heavy atom. The molecule has 1 aliphatic rings. The molecule has 1 atom stereocenters. The molecule has 1 N–H and O–H groups in total. The van der Waals surface area contributed by atoms with Gasteiger partial charge in [0, 0.05) is 50.6 Å². The molecule has 1 unspecified atom stereocenters. The Labute approximate surface area is 191 Å². The Morgan fingerprint density at radius 1 is 1.27 bits per heavy atom. The fourth-order valence-electron chi connectivity index (χ4n) is 4.61. The lowest BCUT2D eigenvalue weighted by molar-refractivity contribution is -0.121. The first kappa shape index (κ1) is 22.9. The van der Waals surface area contributed by atoms with Crippen LogP contribution >= 0.6 is 0 Å². The third kappa shape index (κ3) is 4.62. The van der Waals surface area contributed by atoms with Crippen LogP contribution in [0.3, 0.4) is 0 Å². The number of pyridine rings is 1. The van der Waals surface area contributed by atoms with E-state index in [1.807, 2.05) is 25.8 Å². The van der Waals surface area contributed by atoms with Crippen LogP contribution in [0.4, 0.5) is 14.5 Å². The zero-order chi connectivity index (χ0) is 23.7. The minimum Gasteiger partial charge on any atom is -0.479 e. The number of carbonyl (C=O) groups is 1. The van der Waals surface area contributed by atoms with Gasteiger partial charge in [-0.2, -0.15) is 0 Å². The molecular formula is C24H29F2N5O2. The molecule has 33 heavy (non-hydrogen) atoms. The van der Waals surface area contributed by atoms with Gasteiger partial charge in [0.05, 0.1) is 12.5 Å². The van der Waals surface area contributed by atoms with Crippen molar-refractivity contribution in [3.63, 3.8) is 0 Å². The van der Waals surface area contributed by atoms with E-state index in [4.69, 9.17) is 4.74 Å². The number of aryl methyl sites for hydroxylation is 3. The van der Waals surface area contributed by atoms with E-state index >= 15 is 0 Å². The number of ether oxygens (including phenoxy) is 1. The van der Waals surface area contributed by atoms with Gasteiger partial charge in [-0.25, -0.2) is 18.4 Å². The summed E-state index contributed by atoms with van der Waals surface area (Å²) in [5.41, 5.74) is 4.39. The van der Waals surface area contributed by atoms with Crippen LogP contribution in [0.25, 0.3) is 11.0 Å². The van der Waals surface area contributed by atoms with Crippen LogP contribution in [0.5, 0.6) is 5.88 Å². The summed E-state index contributed by atoms with van der Waals surface area (Å²) in [5.74, 6) is -0.897. The first-order chi connectivity index (χ1) is 15.8. The highest BCUT2D eigenvalue weighted by molar-refractivity contribution is 5.86. The van der Waals surface area contributed by atoms with Crippen molar-refractivity contribution in [2.75, 3.05) is 31.6 Å². The van der Waals surface area contributed by atoms with E-state index < -0.39 is 11.6 Å². The van der Waals surface area contributed by atoms with Crippen molar-refractivity contribution in [1.82, 2.24) is 20.1 Å². The van der Waals surface area contributed by atoms with Crippen LogP contribution in [0.15, 0.2) is 18.2 Å². The van der Waals surface area contributed by atoms with Gasteiger partial charge < -0.3 is 15.0 Å². The number of benzene rings is 1. The quantitative estimate of drug-likeness (QED) is 0.589. The molecule has 7 nitrogen and oxygen atoms in total. The number of aromatic nitrogens is 3. The Hall–Kier alpha value is -3.23. The molecule has 1 fully saturated rings. The minimum absolute atomic E-state index is 0.0154. The zero-order valence-corrected chi connectivity index (χ0v) is 19.4. The molecule has 3 aromatic rings. The lowest BCUT2D eigenvalue weighted by atomic mass is 10.00. The van der Waals surface area contributed by atoms with Crippen LogP contribution in [-0.2, 0) is 18.3 Å². The summed E-state index contributed by atoms with van der Waals surface area (Å²) >= 11 is 0. The monoisotopic (exact) mass is 457 g/mol. The van der Waals surface area contributed by atoms with Gasteiger partial charge in [-0.15, -0.1) is 5.10 Å². The van der Waals surface area contributed by atoms with Gasteiger partial charge in [0.15, 0.2) is 17.3 Å². The molecule has 0 radical (unpaired) electrons. The van der Waals surface area contributed by atoms with Gasteiger partial charge in [-0.05, 0) is 55.9 Å². The van der Waals surface area contributed by atoms with Gasteiger partial charge in [-0.1, -0.05) is 0 Å². The molecule has 1 saturated heterocycles. The van der Waals surface area contributed by atoms with Crippen molar-refractivity contribution >= 4 is 22.6 Å². The van der Waals surface area contributed by atoms with Crippen molar-refractivity contribution in [3.8, 4) is 5.88 Å². The number of nitrogens with one attached hydrogen (secondary N) is 1. The maximum atomic E-state index is 13.5. The fourth-order valence-corrected chi connectivity index (χ4v) is 4.61. The van der Waals surface area contributed by atoms with Gasteiger partial charge in [0.1, 0.15) is 0 Å². The number of methoxy groups -OCH3 is 1.